The van der Waals surface area contributed by atoms with Gasteiger partial charge in [0.15, 0.2) is 0 Å². The fraction of sp³-hybridized carbons (Fsp3) is 0.167. The number of carbonyl (C=O) groups excluding carboxylic acids is 1. The van der Waals surface area contributed by atoms with Gasteiger partial charge in [0.25, 0.3) is 5.91 Å². The van der Waals surface area contributed by atoms with Crippen LogP contribution in [0.4, 0.5) is 0 Å². The van der Waals surface area contributed by atoms with Gasteiger partial charge in [-0.3, -0.25) is 24.5 Å². The maximum Gasteiger partial charge on any atom is 0.303 e. The van der Waals surface area contributed by atoms with E-state index in [4.69, 9.17) is 17.3 Å². The third kappa shape index (κ3) is 4.33. The third-order valence-electron chi connectivity index (χ3n) is 3.69. The molecule has 0 radical (unpaired) electrons. The van der Waals surface area contributed by atoms with Crippen LogP contribution in [0.5, 0.6) is 0 Å². The van der Waals surface area contributed by atoms with E-state index in [0.717, 1.165) is 16.8 Å². The Labute approximate surface area is 160 Å². The summed E-state index contributed by atoms with van der Waals surface area (Å²) in [6.07, 6.45) is 7.10. The number of thioether (sulfide) groups is 1. The minimum absolute atomic E-state index is 0.0102. The van der Waals surface area contributed by atoms with Gasteiger partial charge in [0, 0.05) is 30.9 Å². The molecule has 1 aliphatic rings. The Morgan fingerprint density at radius 3 is 2.92 bits per heavy atom. The molecule has 3 rings (SSSR count). The smallest absolute Gasteiger partial charge is 0.303 e. The minimum Gasteiger partial charge on any atom is -0.481 e. The van der Waals surface area contributed by atoms with Gasteiger partial charge >= 0.3 is 5.97 Å². The summed E-state index contributed by atoms with van der Waals surface area (Å²) in [4.78, 5) is 33.5. The molecule has 8 heteroatoms. The van der Waals surface area contributed by atoms with Crippen LogP contribution < -0.4 is 0 Å². The lowest BCUT2D eigenvalue weighted by Gasteiger charge is -2.13. The number of aromatic nitrogens is 2. The molecule has 1 amide bonds. The first-order chi connectivity index (χ1) is 12.5. The van der Waals surface area contributed by atoms with E-state index in [2.05, 4.69) is 9.97 Å². The molecule has 6 nitrogen and oxygen atoms in total. The van der Waals surface area contributed by atoms with Gasteiger partial charge in [0.1, 0.15) is 4.32 Å². The van der Waals surface area contributed by atoms with Gasteiger partial charge in [0.05, 0.1) is 16.8 Å². The zero-order valence-electron chi connectivity index (χ0n) is 13.7. The molecular formula is C18H15N3O3S2. The van der Waals surface area contributed by atoms with E-state index in [1.807, 2.05) is 24.3 Å². The lowest BCUT2D eigenvalue weighted by Crippen LogP contribution is -2.29. The first-order valence-electron chi connectivity index (χ1n) is 7.88. The van der Waals surface area contributed by atoms with Gasteiger partial charge in [0.2, 0.25) is 0 Å². The monoisotopic (exact) mass is 385 g/mol. The zero-order chi connectivity index (χ0) is 18.5. The lowest BCUT2D eigenvalue weighted by atomic mass is 10.1. The van der Waals surface area contributed by atoms with Crippen LogP contribution >= 0.6 is 24.0 Å². The van der Waals surface area contributed by atoms with Crippen molar-refractivity contribution in [3.05, 3.63) is 53.3 Å². The van der Waals surface area contributed by atoms with Crippen molar-refractivity contribution in [2.45, 2.75) is 12.8 Å². The van der Waals surface area contributed by atoms with Crippen LogP contribution in [0.1, 0.15) is 18.4 Å². The highest BCUT2D eigenvalue weighted by atomic mass is 32.2. The molecule has 132 valence electrons. The van der Waals surface area contributed by atoms with E-state index in [1.165, 1.54) is 16.7 Å². The number of nitrogens with zero attached hydrogens (tertiary/aromatic N) is 3. The van der Waals surface area contributed by atoms with Crippen molar-refractivity contribution in [3.8, 4) is 11.3 Å². The number of thiocarbonyl (C=S) groups is 1. The highest BCUT2D eigenvalue weighted by Gasteiger charge is 2.31. The second kappa shape index (κ2) is 8.20. The van der Waals surface area contributed by atoms with Crippen LogP contribution in [-0.2, 0) is 9.59 Å². The molecule has 26 heavy (non-hydrogen) atoms. The SMILES string of the molecule is O=C(O)CCCN1C(=O)C(=Cc2cccc(-c3cnccn3)c2)SC1=S. The Bertz CT molecular complexity index is 884. The molecule has 0 unspecified atom stereocenters. The van der Waals surface area contributed by atoms with Gasteiger partial charge in [-0.15, -0.1) is 0 Å². The molecule has 0 saturated carbocycles. The average Bonchev–Trinajstić information content (AvgIpc) is 2.90. The normalized spacial score (nSPS) is 15.7. The fourth-order valence-corrected chi connectivity index (χ4v) is 3.78. The van der Waals surface area contributed by atoms with Gasteiger partial charge in [-0.25, -0.2) is 0 Å². The number of amides is 1. The summed E-state index contributed by atoms with van der Waals surface area (Å²) < 4.78 is 0.455. The molecular weight excluding hydrogens is 370 g/mol. The van der Waals surface area contributed by atoms with E-state index >= 15 is 0 Å². The van der Waals surface area contributed by atoms with E-state index in [0.29, 0.717) is 22.2 Å². The molecule has 1 aliphatic heterocycles. The van der Waals surface area contributed by atoms with Crippen molar-refractivity contribution >= 4 is 46.3 Å². The summed E-state index contributed by atoms with van der Waals surface area (Å²) in [5.74, 6) is -1.07. The Kier molecular flexibility index (Phi) is 5.75. The maximum absolute atomic E-state index is 12.5. The predicted octanol–water partition coefficient (Wildman–Crippen LogP) is 3.21. The third-order valence-corrected chi connectivity index (χ3v) is 5.07. The highest BCUT2D eigenvalue weighted by Crippen LogP contribution is 2.33. The Morgan fingerprint density at radius 2 is 2.19 bits per heavy atom. The summed E-state index contributed by atoms with van der Waals surface area (Å²) >= 11 is 6.48. The first kappa shape index (κ1) is 18.2. The minimum atomic E-state index is -0.883. The van der Waals surface area contributed by atoms with Gasteiger partial charge in [-0.05, 0) is 24.1 Å². The van der Waals surface area contributed by atoms with Crippen molar-refractivity contribution in [1.82, 2.24) is 14.9 Å². The van der Waals surface area contributed by atoms with Crippen LogP contribution in [0, 0.1) is 0 Å². The number of carboxylic acid groups (broad SMARTS) is 1. The van der Waals surface area contributed by atoms with E-state index in [-0.39, 0.29) is 12.3 Å². The standard InChI is InChI=1S/C18H15N3O3S2/c22-16(23)5-2-8-21-17(24)15(26-18(21)25)10-12-3-1-4-13(9-12)14-11-19-6-7-20-14/h1,3-4,6-7,9-11H,2,5,8H2,(H,22,23). The molecule has 1 aromatic carbocycles. The van der Waals surface area contributed by atoms with Crippen molar-refractivity contribution in [1.29, 1.82) is 0 Å². The number of hydrogen-bond acceptors (Lipinski definition) is 6. The Hall–Kier alpha value is -2.58. The van der Waals surface area contributed by atoms with Crippen LogP contribution in [0.2, 0.25) is 0 Å². The van der Waals surface area contributed by atoms with Gasteiger partial charge < -0.3 is 5.11 Å². The number of carboxylic acids is 1. The molecule has 0 spiro atoms. The van der Waals surface area contributed by atoms with Crippen LogP contribution in [0.3, 0.4) is 0 Å². The molecule has 0 aliphatic carbocycles. The number of rotatable bonds is 6. The second-order valence-electron chi connectivity index (χ2n) is 5.55. The average molecular weight is 385 g/mol. The number of hydrogen-bond donors (Lipinski definition) is 1. The van der Waals surface area contributed by atoms with Crippen molar-refractivity contribution in [2.24, 2.45) is 0 Å². The summed E-state index contributed by atoms with van der Waals surface area (Å²) in [6, 6.07) is 7.65. The summed E-state index contributed by atoms with van der Waals surface area (Å²) in [6.45, 7) is 0.313. The molecule has 1 N–H and O–H groups in total. The number of benzene rings is 1. The quantitative estimate of drug-likeness (QED) is 0.604. The second-order valence-corrected chi connectivity index (χ2v) is 7.22. The van der Waals surface area contributed by atoms with E-state index in [9.17, 15) is 9.59 Å². The maximum atomic E-state index is 12.5. The van der Waals surface area contributed by atoms with E-state index < -0.39 is 5.97 Å². The van der Waals surface area contributed by atoms with Crippen molar-refractivity contribution < 1.29 is 14.7 Å². The number of aliphatic carboxylic acids is 1. The summed E-state index contributed by atoms with van der Waals surface area (Å²) in [5, 5.41) is 8.72. The Balaban J connectivity index is 1.77. The first-order valence-corrected chi connectivity index (χ1v) is 9.10. The summed E-state index contributed by atoms with van der Waals surface area (Å²) in [5.41, 5.74) is 2.52. The Morgan fingerprint density at radius 1 is 1.35 bits per heavy atom. The zero-order valence-corrected chi connectivity index (χ0v) is 15.3. The van der Waals surface area contributed by atoms with Gasteiger partial charge in [-0.2, -0.15) is 0 Å². The number of carbonyl (C=O) groups is 2. The fourth-order valence-electron chi connectivity index (χ4n) is 2.47. The highest BCUT2D eigenvalue weighted by molar-refractivity contribution is 8.26. The molecule has 1 saturated heterocycles. The summed E-state index contributed by atoms with van der Waals surface area (Å²) in [7, 11) is 0. The molecule has 1 aromatic heterocycles. The molecule has 0 atom stereocenters. The van der Waals surface area contributed by atoms with Crippen LogP contribution in [0.25, 0.3) is 17.3 Å². The predicted molar refractivity (Wildman–Crippen MR) is 104 cm³/mol. The van der Waals surface area contributed by atoms with Crippen LogP contribution in [0.15, 0.2) is 47.8 Å². The molecule has 2 heterocycles. The van der Waals surface area contributed by atoms with E-state index in [1.54, 1.807) is 24.7 Å². The largest absolute Gasteiger partial charge is 0.481 e. The van der Waals surface area contributed by atoms with Gasteiger partial charge in [-0.1, -0.05) is 42.2 Å². The molecule has 2 aromatic rings. The van der Waals surface area contributed by atoms with Crippen LogP contribution in [-0.4, -0.2) is 42.7 Å². The molecule has 1 fully saturated rings. The lowest BCUT2D eigenvalue weighted by molar-refractivity contribution is -0.137. The van der Waals surface area contributed by atoms with Crippen molar-refractivity contribution in [3.63, 3.8) is 0 Å². The van der Waals surface area contributed by atoms with Crippen molar-refractivity contribution in [2.75, 3.05) is 6.54 Å². The topological polar surface area (TPSA) is 83.4 Å². The molecule has 0 bridgehead atoms.